The second-order valence-corrected chi connectivity index (χ2v) is 11.7. The van der Waals surface area contributed by atoms with E-state index in [0.717, 1.165) is 13.1 Å². The number of rotatable bonds is 13. The summed E-state index contributed by atoms with van der Waals surface area (Å²) in [6.07, 6.45) is 4.88. The maximum Gasteiger partial charge on any atom is 0.312 e. The summed E-state index contributed by atoms with van der Waals surface area (Å²) in [5, 5.41) is 10.4. The Morgan fingerprint density at radius 2 is 1.95 bits per heavy atom. The average Bonchev–Trinajstić information content (AvgIpc) is 3.48. The highest BCUT2D eigenvalue weighted by atomic mass is 16.6. The number of carbonyl (C=O) groups is 3. The van der Waals surface area contributed by atoms with Crippen molar-refractivity contribution in [2.45, 2.75) is 63.3 Å². The van der Waals surface area contributed by atoms with Crippen LogP contribution >= 0.6 is 0 Å². The van der Waals surface area contributed by atoms with Gasteiger partial charge in [0.1, 0.15) is 17.6 Å². The van der Waals surface area contributed by atoms with Crippen LogP contribution in [0, 0.1) is 17.8 Å². The van der Waals surface area contributed by atoms with E-state index in [1.54, 1.807) is 17.1 Å². The number of fused-ring (bicyclic) bond motifs is 1. The Kier molecular flexibility index (Phi) is 9.20. The van der Waals surface area contributed by atoms with Crippen LogP contribution in [0.1, 0.15) is 40.0 Å². The van der Waals surface area contributed by atoms with Crippen LogP contribution in [-0.2, 0) is 28.6 Å². The first-order valence-electron chi connectivity index (χ1n) is 14.3. The van der Waals surface area contributed by atoms with Gasteiger partial charge in [-0.1, -0.05) is 26.0 Å². The summed E-state index contributed by atoms with van der Waals surface area (Å²) in [5.41, 5.74) is -2.06. The fraction of sp³-hybridized carbons (Fsp3) is 0.759. The number of hydrogen-bond acceptors (Lipinski definition) is 8. The molecule has 1 N–H and O–H groups in total. The summed E-state index contributed by atoms with van der Waals surface area (Å²) in [6.45, 7) is 17.5. The summed E-state index contributed by atoms with van der Waals surface area (Å²) < 4.78 is 17.7. The van der Waals surface area contributed by atoms with Crippen LogP contribution in [-0.4, -0.2) is 120 Å². The molecule has 0 saturated carbocycles. The van der Waals surface area contributed by atoms with Crippen molar-refractivity contribution in [3.63, 3.8) is 0 Å². The standard InChI is InChI=1S/C29H45N3O7/c1-6-8-16-38-27(36)23-22-25(34)32(21(19-33)20(3)4)24(29(22)10-9-28(23,5)39-29)26(35)31(11-7-2)13-12-30-14-17-37-18-15-30/h6-7,20-24,33H,1-2,8-19H2,3-5H3/t21-,22-,23+,24?,28-,29?/m0/s1. The van der Waals surface area contributed by atoms with Crippen molar-refractivity contribution >= 4 is 17.8 Å². The Bertz CT molecular complexity index is 951. The lowest BCUT2D eigenvalue weighted by molar-refractivity contribution is -0.162. The topological polar surface area (TPSA) is 109 Å². The Labute approximate surface area is 231 Å². The number of hydrogen-bond donors (Lipinski definition) is 1. The third kappa shape index (κ3) is 5.28. The molecule has 2 amide bonds. The van der Waals surface area contributed by atoms with Crippen molar-refractivity contribution in [1.29, 1.82) is 0 Å². The highest BCUT2D eigenvalue weighted by Gasteiger charge is 2.79. The van der Waals surface area contributed by atoms with Gasteiger partial charge in [-0.05, 0) is 32.1 Å². The monoisotopic (exact) mass is 547 g/mol. The number of amides is 2. The SMILES string of the molecule is C=CCCOC(=O)[C@H]1[C@H]2C(=O)N([C@@H](CO)C(C)C)C(C(=O)N(CC=C)CCN3CCOCC3)C23CC[C@]1(C)O3. The molecule has 4 fully saturated rings. The van der Waals surface area contributed by atoms with Crippen molar-refractivity contribution in [3.05, 3.63) is 25.3 Å². The summed E-state index contributed by atoms with van der Waals surface area (Å²) in [7, 11) is 0. The first-order valence-corrected chi connectivity index (χ1v) is 14.3. The van der Waals surface area contributed by atoms with Crippen LogP contribution in [0.5, 0.6) is 0 Å². The smallest absolute Gasteiger partial charge is 0.312 e. The Balaban J connectivity index is 1.69. The molecule has 6 atom stereocenters. The van der Waals surface area contributed by atoms with Crippen molar-refractivity contribution in [2.75, 3.05) is 59.2 Å². The second kappa shape index (κ2) is 12.1. The van der Waals surface area contributed by atoms with E-state index in [2.05, 4.69) is 18.1 Å². The van der Waals surface area contributed by atoms with Crippen molar-refractivity contribution in [1.82, 2.24) is 14.7 Å². The second-order valence-electron chi connectivity index (χ2n) is 11.7. The lowest BCUT2D eigenvalue weighted by atomic mass is 9.66. The van der Waals surface area contributed by atoms with Gasteiger partial charge in [-0.15, -0.1) is 13.2 Å². The summed E-state index contributed by atoms with van der Waals surface area (Å²) in [6, 6.07) is -1.55. The molecule has 0 radical (unpaired) electrons. The Hall–Kier alpha value is -2.27. The summed E-state index contributed by atoms with van der Waals surface area (Å²) in [5.74, 6) is -2.82. The quantitative estimate of drug-likeness (QED) is 0.208. The zero-order valence-corrected chi connectivity index (χ0v) is 23.7. The van der Waals surface area contributed by atoms with Crippen molar-refractivity contribution in [3.8, 4) is 0 Å². The summed E-state index contributed by atoms with van der Waals surface area (Å²) in [4.78, 5) is 47.7. The van der Waals surface area contributed by atoms with Gasteiger partial charge in [-0.3, -0.25) is 19.3 Å². The predicted molar refractivity (Wildman–Crippen MR) is 145 cm³/mol. The fourth-order valence-corrected chi connectivity index (χ4v) is 7.02. The van der Waals surface area contributed by atoms with Gasteiger partial charge in [0.05, 0.1) is 44.0 Å². The van der Waals surface area contributed by atoms with Crippen LogP contribution in [0.3, 0.4) is 0 Å². The molecule has 10 nitrogen and oxygen atoms in total. The molecule has 39 heavy (non-hydrogen) atoms. The fourth-order valence-electron chi connectivity index (χ4n) is 7.02. The minimum absolute atomic E-state index is 0.114. The molecule has 4 saturated heterocycles. The molecular formula is C29H45N3O7. The molecule has 2 unspecified atom stereocenters. The van der Waals surface area contributed by atoms with Crippen molar-refractivity contribution in [2.24, 2.45) is 17.8 Å². The molecule has 10 heteroatoms. The average molecular weight is 548 g/mol. The third-order valence-electron chi connectivity index (χ3n) is 9.03. The molecule has 0 aliphatic carbocycles. The van der Waals surface area contributed by atoms with Crippen LogP contribution in [0.4, 0.5) is 0 Å². The number of nitrogens with zero attached hydrogens (tertiary/aromatic N) is 3. The van der Waals surface area contributed by atoms with Crippen molar-refractivity contribution < 1.29 is 33.7 Å². The van der Waals surface area contributed by atoms with Gasteiger partial charge in [0, 0.05) is 32.7 Å². The zero-order chi connectivity index (χ0) is 28.4. The van der Waals surface area contributed by atoms with Crippen LogP contribution in [0.25, 0.3) is 0 Å². The first kappa shape index (κ1) is 29.7. The van der Waals surface area contributed by atoms with E-state index in [1.165, 1.54) is 4.90 Å². The van der Waals surface area contributed by atoms with Crippen LogP contribution < -0.4 is 0 Å². The normalized spacial score (nSPS) is 32.8. The number of carbonyl (C=O) groups excluding carboxylic acids is 3. The zero-order valence-electron chi connectivity index (χ0n) is 23.7. The molecule has 0 aromatic rings. The third-order valence-corrected chi connectivity index (χ3v) is 9.03. The molecule has 218 valence electrons. The number of morpholine rings is 1. The Morgan fingerprint density at radius 3 is 2.56 bits per heavy atom. The molecule has 0 aromatic carbocycles. The lowest BCUT2D eigenvalue weighted by Crippen LogP contribution is -2.60. The molecule has 0 aromatic heterocycles. The number of esters is 1. The van der Waals surface area contributed by atoms with E-state index >= 15 is 0 Å². The maximum absolute atomic E-state index is 14.5. The lowest BCUT2D eigenvalue weighted by Gasteiger charge is -2.41. The van der Waals surface area contributed by atoms with E-state index in [9.17, 15) is 19.5 Å². The van der Waals surface area contributed by atoms with Gasteiger partial charge in [-0.25, -0.2) is 0 Å². The summed E-state index contributed by atoms with van der Waals surface area (Å²) >= 11 is 0. The molecular weight excluding hydrogens is 502 g/mol. The molecule has 2 bridgehead atoms. The minimum atomic E-state index is -1.16. The number of aliphatic hydroxyl groups excluding tert-OH is 1. The number of aliphatic hydroxyl groups is 1. The van der Waals surface area contributed by atoms with Gasteiger partial charge < -0.3 is 29.1 Å². The maximum atomic E-state index is 14.5. The minimum Gasteiger partial charge on any atom is -0.465 e. The molecule has 4 rings (SSSR count). The highest BCUT2D eigenvalue weighted by Crippen LogP contribution is 2.63. The number of likely N-dealkylation sites (tertiary alicyclic amines) is 1. The molecule has 4 aliphatic heterocycles. The number of ether oxygens (including phenoxy) is 3. The van der Waals surface area contributed by atoms with Gasteiger partial charge in [0.2, 0.25) is 11.8 Å². The Morgan fingerprint density at radius 1 is 1.23 bits per heavy atom. The highest BCUT2D eigenvalue weighted by molar-refractivity contribution is 5.98. The van der Waals surface area contributed by atoms with Crippen LogP contribution in [0.15, 0.2) is 25.3 Å². The van der Waals surface area contributed by atoms with E-state index < -0.39 is 41.1 Å². The predicted octanol–water partition coefficient (Wildman–Crippen LogP) is 1.23. The molecule has 4 heterocycles. The van der Waals surface area contributed by atoms with Gasteiger partial charge in [-0.2, -0.15) is 0 Å². The first-order chi connectivity index (χ1) is 18.6. The van der Waals surface area contributed by atoms with E-state index in [1.807, 2.05) is 20.8 Å². The van der Waals surface area contributed by atoms with Crippen LogP contribution in [0.2, 0.25) is 0 Å². The molecule has 4 aliphatic rings. The van der Waals surface area contributed by atoms with E-state index in [0.29, 0.717) is 52.1 Å². The largest absolute Gasteiger partial charge is 0.465 e. The van der Waals surface area contributed by atoms with Gasteiger partial charge in [0.25, 0.3) is 0 Å². The van der Waals surface area contributed by atoms with E-state index in [4.69, 9.17) is 14.2 Å². The van der Waals surface area contributed by atoms with Gasteiger partial charge in [0.15, 0.2) is 0 Å². The van der Waals surface area contributed by atoms with E-state index in [-0.39, 0.29) is 30.9 Å². The van der Waals surface area contributed by atoms with Gasteiger partial charge >= 0.3 is 5.97 Å². The molecule has 1 spiro atoms.